The van der Waals surface area contributed by atoms with Crippen LogP contribution in [-0.2, 0) is 6.54 Å². The number of ether oxygens (including phenoxy) is 1. The van der Waals surface area contributed by atoms with Gasteiger partial charge in [0.15, 0.2) is 0 Å². The minimum atomic E-state index is -0.128. The Labute approximate surface area is 112 Å². The molecule has 0 aliphatic rings. The summed E-state index contributed by atoms with van der Waals surface area (Å²) in [5.41, 5.74) is 1.46. The van der Waals surface area contributed by atoms with E-state index in [0.717, 1.165) is 17.9 Å². The lowest BCUT2D eigenvalue weighted by Gasteiger charge is -2.07. The van der Waals surface area contributed by atoms with Crippen molar-refractivity contribution in [3.05, 3.63) is 48.0 Å². The van der Waals surface area contributed by atoms with Gasteiger partial charge in [0, 0.05) is 11.8 Å². The number of benzene rings is 1. The molecule has 1 aromatic carbocycles. The molecule has 5 nitrogen and oxygen atoms in total. The molecule has 0 saturated carbocycles. The van der Waals surface area contributed by atoms with E-state index in [-0.39, 0.29) is 5.91 Å². The first-order valence-corrected chi connectivity index (χ1v) is 6.28. The van der Waals surface area contributed by atoms with Gasteiger partial charge in [0.05, 0.1) is 25.2 Å². The Balaban J connectivity index is 1.94. The Hall–Kier alpha value is -2.30. The molecular formula is C14H17N3O2. The molecule has 19 heavy (non-hydrogen) atoms. The lowest BCUT2D eigenvalue weighted by Crippen LogP contribution is -2.22. The average Bonchev–Trinajstić information content (AvgIpc) is 2.96. The molecule has 0 fully saturated rings. The topological polar surface area (TPSA) is 67.0 Å². The molecule has 2 N–H and O–H groups in total. The molecular weight excluding hydrogens is 242 g/mol. The summed E-state index contributed by atoms with van der Waals surface area (Å²) in [5, 5.41) is 2.82. The zero-order chi connectivity index (χ0) is 13.5. The Kier molecular flexibility index (Phi) is 4.55. The minimum absolute atomic E-state index is 0.128. The van der Waals surface area contributed by atoms with Crippen molar-refractivity contribution in [2.24, 2.45) is 0 Å². The van der Waals surface area contributed by atoms with Crippen LogP contribution in [0.25, 0.3) is 0 Å². The van der Waals surface area contributed by atoms with Gasteiger partial charge < -0.3 is 15.0 Å². The lowest BCUT2D eigenvalue weighted by atomic mass is 10.2. The van der Waals surface area contributed by atoms with Crippen LogP contribution in [0.5, 0.6) is 5.75 Å². The fourth-order valence-corrected chi connectivity index (χ4v) is 1.61. The van der Waals surface area contributed by atoms with Crippen LogP contribution in [0.1, 0.15) is 29.4 Å². The molecule has 0 radical (unpaired) electrons. The standard InChI is InChI=1S/C14H17N3O2/c1-2-6-19-13-5-3-4-11(7-13)14(18)16-9-12-8-15-10-17-12/h3-5,7-8,10H,2,6,9H2,1H3,(H,15,17)(H,16,18). The maximum absolute atomic E-state index is 12.0. The normalized spacial score (nSPS) is 10.2. The summed E-state index contributed by atoms with van der Waals surface area (Å²) < 4.78 is 5.50. The van der Waals surface area contributed by atoms with Gasteiger partial charge in [-0.15, -0.1) is 0 Å². The van der Waals surface area contributed by atoms with Crippen molar-refractivity contribution in [3.63, 3.8) is 0 Å². The number of rotatable bonds is 6. The molecule has 0 aliphatic carbocycles. The van der Waals surface area contributed by atoms with Gasteiger partial charge in [0.2, 0.25) is 0 Å². The number of carbonyl (C=O) groups is 1. The first-order chi connectivity index (χ1) is 9.29. The van der Waals surface area contributed by atoms with Crippen molar-refractivity contribution in [1.82, 2.24) is 15.3 Å². The lowest BCUT2D eigenvalue weighted by molar-refractivity contribution is 0.0950. The molecule has 5 heteroatoms. The highest BCUT2D eigenvalue weighted by Crippen LogP contribution is 2.13. The second-order valence-electron chi connectivity index (χ2n) is 4.14. The molecule has 0 bridgehead atoms. The number of H-pyrrole nitrogens is 1. The summed E-state index contributed by atoms with van der Waals surface area (Å²) in [6.45, 7) is 3.12. The molecule has 0 atom stereocenters. The number of aromatic nitrogens is 2. The molecule has 100 valence electrons. The second kappa shape index (κ2) is 6.58. The van der Waals surface area contributed by atoms with Gasteiger partial charge >= 0.3 is 0 Å². The number of aromatic amines is 1. The minimum Gasteiger partial charge on any atom is -0.494 e. The Bertz CT molecular complexity index is 523. The summed E-state index contributed by atoms with van der Waals surface area (Å²) in [4.78, 5) is 18.8. The molecule has 0 saturated heterocycles. The summed E-state index contributed by atoms with van der Waals surface area (Å²) in [5.74, 6) is 0.590. The van der Waals surface area contributed by atoms with Gasteiger partial charge in [-0.1, -0.05) is 13.0 Å². The first-order valence-electron chi connectivity index (χ1n) is 6.28. The van der Waals surface area contributed by atoms with Crippen LogP contribution < -0.4 is 10.1 Å². The van der Waals surface area contributed by atoms with E-state index in [4.69, 9.17) is 4.74 Å². The van der Waals surface area contributed by atoms with Crippen molar-refractivity contribution in [2.45, 2.75) is 19.9 Å². The predicted molar refractivity (Wildman–Crippen MR) is 72.0 cm³/mol. The zero-order valence-electron chi connectivity index (χ0n) is 10.8. The largest absolute Gasteiger partial charge is 0.494 e. The van der Waals surface area contributed by atoms with Gasteiger partial charge in [-0.05, 0) is 24.6 Å². The van der Waals surface area contributed by atoms with E-state index in [1.165, 1.54) is 0 Å². The number of hydrogen-bond donors (Lipinski definition) is 2. The van der Waals surface area contributed by atoms with Crippen molar-refractivity contribution >= 4 is 5.91 Å². The average molecular weight is 259 g/mol. The number of nitrogens with zero attached hydrogens (tertiary/aromatic N) is 1. The highest BCUT2D eigenvalue weighted by atomic mass is 16.5. The highest BCUT2D eigenvalue weighted by molar-refractivity contribution is 5.94. The Morgan fingerprint density at radius 2 is 2.37 bits per heavy atom. The van der Waals surface area contributed by atoms with E-state index in [0.29, 0.717) is 18.7 Å². The van der Waals surface area contributed by atoms with E-state index >= 15 is 0 Å². The Morgan fingerprint density at radius 1 is 1.47 bits per heavy atom. The third kappa shape index (κ3) is 3.84. The molecule has 1 aromatic heterocycles. The van der Waals surface area contributed by atoms with E-state index < -0.39 is 0 Å². The van der Waals surface area contributed by atoms with E-state index in [9.17, 15) is 4.79 Å². The summed E-state index contributed by atoms with van der Waals surface area (Å²) >= 11 is 0. The van der Waals surface area contributed by atoms with Crippen molar-refractivity contribution in [2.75, 3.05) is 6.61 Å². The quantitative estimate of drug-likeness (QED) is 0.835. The maximum atomic E-state index is 12.0. The first kappa shape index (κ1) is 13.1. The molecule has 2 aromatic rings. The van der Waals surface area contributed by atoms with Gasteiger partial charge in [0.25, 0.3) is 5.91 Å². The van der Waals surface area contributed by atoms with E-state index in [1.54, 1.807) is 24.7 Å². The number of imidazole rings is 1. The maximum Gasteiger partial charge on any atom is 0.251 e. The highest BCUT2D eigenvalue weighted by Gasteiger charge is 2.06. The molecule has 0 aliphatic heterocycles. The van der Waals surface area contributed by atoms with Crippen LogP contribution in [0.4, 0.5) is 0 Å². The molecule has 2 rings (SSSR count). The van der Waals surface area contributed by atoms with Crippen LogP contribution in [0, 0.1) is 0 Å². The van der Waals surface area contributed by atoms with Crippen molar-refractivity contribution < 1.29 is 9.53 Å². The van der Waals surface area contributed by atoms with Crippen LogP contribution >= 0.6 is 0 Å². The predicted octanol–water partition coefficient (Wildman–Crippen LogP) is 2.13. The molecule has 0 spiro atoms. The van der Waals surface area contributed by atoms with Gasteiger partial charge in [0.1, 0.15) is 5.75 Å². The summed E-state index contributed by atoms with van der Waals surface area (Å²) in [7, 11) is 0. The third-order valence-corrected chi connectivity index (χ3v) is 2.56. The van der Waals surface area contributed by atoms with Gasteiger partial charge in [-0.3, -0.25) is 4.79 Å². The number of nitrogens with one attached hydrogen (secondary N) is 2. The fourth-order valence-electron chi connectivity index (χ4n) is 1.61. The fraction of sp³-hybridized carbons (Fsp3) is 0.286. The van der Waals surface area contributed by atoms with Gasteiger partial charge in [-0.2, -0.15) is 0 Å². The Morgan fingerprint density at radius 3 is 3.11 bits per heavy atom. The molecule has 1 amide bonds. The van der Waals surface area contributed by atoms with Crippen molar-refractivity contribution in [1.29, 1.82) is 0 Å². The monoisotopic (exact) mass is 259 g/mol. The molecule has 1 heterocycles. The van der Waals surface area contributed by atoms with E-state index in [2.05, 4.69) is 15.3 Å². The van der Waals surface area contributed by atoms with Crippen LogP contribution in [0.15, 0.2) is 36.8 Å². The number of hydrogen-bond acceptors (Lipinski definition) is 3. The zero-order valence-corrected chi connectivity index (χ0v) is 10.8. The smallest absolute Gasteiger partial charge is 0.251 e. The summed E-state index contributed by atoms with van der Waals surface area (Å²) in [6.07, 6.45) is 4.21. The number of carbonyl (C=O) groups excluding carboxylic acids is 1. The van der Waals surface area contributed by atoms with Crippen LogP contribution in [-0.4, -0.2) is 22.5 Å². The third-order valence-electron chi connectivity index (χ3n) is 2.56. The van der Waals surface area contributed by atoms with Crippen LogP contribution in [0.3, 0.4) is 0 Å². The number of amides is 1. The second-order valence-corrected chi connectivity index (χ2v) is 4.14. The van der Waals surface area contributed by atoms with Gasteiger partial charge in [-0.25, -0.2) is 4.98 Å². The van der Waals surface area contributed by atoms with Crippen molar-refractivity contribution in [3.8, 4) is 5.75 Å². The SMILES string of the molecule is CCCOc1cccc(C(=O)NCc2cnc[nH]2)c1. The molecule has 0 unspecified atom stereocenters. The summed E-state index contributed by atoms with van der Waals surface area (Å²) in [6, 6.07) is 7.18. The van der Waals surface area contributed by atoms with Crippen LogP contribution in [0.2, 0.25) is 0 Å². The van der Waals surface area contributed by atoms with E-state index in [1.807, 2.05) is 19.1 Å².